The summed E-state index contributed by atoms with van der Waals surface area (Å²) < 4.78 is 3.34. The zero-order chi connectivity index (χ0) is 19.8. The molecule has 1 aliphatic rings. The van der Waals surface area contributed by atoms with Crippen LogP contribution in [0.2, 0.25) is 0 Å². The minimum Gasteiger partial charge on any atom is -0.312 e. The van der Waals surface area contributed by atoms with E-state index in [-0.39, 0.29) is 17.2 Å². The van der Waals surface area contributed by atoms with Gasteiger partial charge in [-0.15, -0.1) is 0 Å². The Labute approximate surface area is 167 Å². The van der Waals surface area contributed by atoms with Gasteiger partial charge in [-0.1, -0.05) is 31.7 Å². The fraction of sp³-hybridized carbons (Fsp3) is 0.304. The van der Waals surface area contributed by atoms with Gasteiger partial charge in [0.1, 0.15) is 5.82 Å². The molecule has 4 aromatic heterocycles. The standard InChI is InChI=1S/C23H22N4O2/c28-22-17-15-18-20(11-14-27(23(18)29)21-9-5-6-12-24-21)25-19(17)10-13-26(22)16-7-3-1-2-4-8-16/h5-6,9-16H,1-4,7-8H2. The SMILES string of the molecule is O=c1c2cc3c(=O)n(C4CCCCCC4)ccc3nc2ccn1-c1ccccn1. The molecule has 6 heteroatoms. The first-order valence-electron chi connectivity index (χ1n) is 10.2. The third-order valence-corrected chi connectivity index (χ3v) is 5.88. The fourth-order valence-corrected chi connectivity index (χ4v) is 4.34. The Hall–Kier alpha value is -3.28. The van der Waals surface area contributed by atoms with E-state index in [9.17, 15) is 9.59 Å². The molecule has 4 aromatic rings. The van der Waals surface area contributed by atoms with E-state index in [4.69, 9.17) is 0 Å². The van der Waals surface area contributed by atoms with Crippen LogP contribution < -0.4 is 11.1 Å². The van der Waals surface area contributed by atoms with Gasteiger partial charge in [0.15, 0.2) is 0 Å². The van der Waals surface area contributed by atoms with Crippen LogP contribution in [-0.2, 0) is 0 Å². The molecule has 146 valence electrons. The highest BCUT2D eigenvalue weighted by molar-refractivity contribution is 5.91. The number of rotatable bonds is 2. The molecule has 0 spiro atoms. The maximum Gasteiger partial charge on any atom is 0.265 e. The summed E-state index contributed by atoms with van der Waals surface area (Å²) in [5.74, 6) is 0.545. The smallest absolute Gasteiger partial charge is 0.265 e. The lowest BCUT2D eigenvalue weighted by Crippen LogP contribution is -2.25. The number of aromatic nitrogens is 4. The van der Waals surface area contributed by atoms with E-state index in [0.717, 1.165) is 25.7 Å². The lowest BCUT2D eigenvalue weighted by Gasteiger charge is -2.18. The van der Waals surface area contributed by atoms with Crippen molar-refractivity contribution in [3.8, 4) is 5.82 Å². The molecule has 5 rings (SSSR count). The largest absolute Gasteiger partial charge is 0.312 e. The number of fused-ring (bicyclic) bond motifs is 2. The van der Waals surface area contributed by atoms with Crippen LogP contribution in [0.5, 0.6) is 0 Å². The van der Waals surface area contributed by atoms with Crippen molar-refractivity contribution >= 4 is 21.8 Å². The monoisotopic (exact) mass is 386 g/mol. The molecule has 0 N–H and O–H groups in total. The Morgan fingerprint density at radius 2 is 1.55 bits per heavy atom. The van der Waals surface area contributed by atoms with Gasteiger partial charge in [-0.2, -0.15) is 0 Å². The minimum atomic E-state index is -0.222. The molecule has 0 aliphatic heterocycles. The van der Waals surface area contributed by atoms with Gasteiger partial charge in [-0.25, -0.2) is 9.97 Å². The molecule has 0 amide bonds. The lowest BCUT2D eigenvalue weighted by molar-refractivity contribution is 0.434. The van der Waals surface area contributed by atoms with Crippen LogP contribution in [0.3, 0.4) is 0 Å². The lowest BCUT2D eigenvalue weighted by atomic mass is 10.1. The molecule has 0 bridgehead atoms. The molecule has 6 nitrogen and oxygen atoms in total. The molecule has 1 aliphatic carbocycles. The summed E-state index contributed by atoms with van der Waals surface area (Å²) in [6, 6.07) is 11.0. The first-order chi connectivity index (χ1) is 14.2. The van der Waals surface area contributed by atoms with Crippen molar-refractivity contribution in [3.63, 3.8) is 0 Å². The zero-order valence-corrected chi connectivity index (χ0v) is 16.1. The van der Waals surface area contributed by atoms with E-state index in [1.54, 1.807) is 36.7 Å². The molecule has 4 heterocycles. The van der Waals surface area contributed by atoms with Crippen molar-refractivity contribution < 1.29 is 0 Å². The molecule has 29 heavy (non-hydrogen) atoms. The second kappa shape index (κ2) is 7.28. The molecule has 1 saturated carbocycles. The first-order valence-corrected chi connectivity index (χ1v) is 10.2. The predicted molar refractivity (Wildman–Crippen MR) is 114 cm³/mol. The molecule has 0 atom stereocenters. The topological polar surface area (TPSA) is 69.8 Å². The summed E-state index contributed by atoms with van der Waals surface area (Å²) in [7, 11) is 0. The highest BCUT2D eigenvalue weighted by Gasteiger charge is 2.17. The zero-order valence-electron chi connectivity index (χ0n) is 16.1. The third-order valence-electron chi connectivity index (χ3n) is 5.88. The maximum atomic E-state index is 13.3. The molecular weight excluding hydrogens is 364 g/mol. The van der Waals surface area contributed by atoms with E-state index in [0.29, 0.717) is 27.6 Å². The molecule has 0 aromatic carbocycles. The first kappa shape index (κ1) is 17.8. The van der Waals surface area contributed by atoms with Gasteiger partial charge >= 0.3 is 0 Å². The fourth-order valence-electron chi connectivity index (χ4n) is 4.34. The predicted octanol–water partition coefficient (Wildman–Crippen LogP) is 3.99. The Morgan fingerprint density at radius 1 is 0.828 bits per heavy atom. The second-order valence-corrected chi connectivity index (χ2v) is 7.71. The van der Waals surface area contributed by atoms with Crippen LogP contribution in [0.25, 0.3) is 27.6 Å². The summed E-state index contributed by atoms with van der Waals surface area (Å²) in [5, 5.41) is 0.932. The van der Waals surface area contributed by atoms with Crippen LogP contribution in [0.1, 0.15) is 44.6 Å². The van der Waals surface area contributed by atoms with Gasteiger partial charge in [0.2, 0.25) is 0 Å². The highest BCUT2D eigenvalue weighted by atomic mass is 16.1. The van der Waals surface area contributed by atoms with E-state index in [2.05, 4.69) is 9.97 Å². The van der Waals surface area contributed by atoms with Crippen LogP contribution in [0, 0.1) is 0 Å². The van der Waals surface area contributed by atoms with Gasteiger partial charge in [-0.05, 0) is 43.2 Å². The second-order valence-electron chi connectivity index (χ2n) is 7.71. The van der Waals surface area contributed by atoms with E-state index in [1.165, 1.54) is 17.4 Å². The van der Waals surface area contributed by atoms with Gasteiger partial charge in [0, 0.05) is 24.6 Å². The summed E-state index contributed by atoms with van der Waals surface area (Å²) in [6.07, 6.45) is 12.0. The van der Waals surface area contributed by atoms with Crippen molar-refractivity contribution in [1.29, 1.82) is 0 Å². The summed E-state index contributed by atoms with van der Waals surface area (Å²) in [5.41, 5.74) is 0.931. The average molecular weight is 386 g/mol. The van der Waals surface area contributed by atoms with E-state index in [1.807, 2.05) is 22.9 Å². The normalized spacial score (nSPS) is 15.6. The molecule has 0 saturated heterocycles. The highest BCUT2D eigenvalue weighted by Crippen LogP contribution is 2.26. The van der Waals surface area contributed by atoms with Gasteiger partial charge in [0.25, 0.3) is 11.1 Å². The molecule has 0 unspecified atom stereocenters. The third kappa shape index (κ3) is 3.14. The van der Waals surface area contributed by atoms with Crippen LogP contribution >= 0.6 is 0 Å². The van der Waals surface area contributed by atoms with Crippen LogP contribution in [-0.4, -0.2) is 19.1 Å². The number of pyridine rings is 4. The summed E-state index contributed by atoms with van der Waals surface area (Å²) in [4.78, 5) is 35.2. The summed E-state index contributed by atoms with van der Waals surface area (Å²) >= 11 is 0. The van der Waals surface area contributed by atoms with Crippen molar-refractivity contribution in [2.45, 2.75) is 44.6 Å². The van der Waals surface area contributed by atoms with Crippen LogP contribution in [0.4, 0.5) is 0 Å². The van der Waals surface area contributed by atoms with Crippen LogP contribution in [0.15, 0.2) is 64.6 Å². The Kier molecular flexibility index (Phi) is 4.46. The molecular formula is C23H22N4O2. The molecule has 0 radical (unpaired) electrons. The van der Waals surface area contributed by atoms with Gasteiger partial charge in [-0.3, -0.25) is 14.2 Å². The number of nitrogens with zero attached hydrogens (tertiary/aromatic N) is 4. The van der Waals surface area contributed by atoms with Crippen molar-refractivity contribution in [3.05, 3.63) is 75.7 Å². The molecule has 1 fully saturated rings. The average Bonchev–Trinajstić information content (AvgIpc) is 3.04. The van der Waals surface area contributed by atoms with E-state index >= 15 is 0 Å². The van der Waals surface area contributed by atoms with Crippen molar-refractivity contribution in [2.75, 3.05) is 0 Å². The van der Waals surface area contributed by atoms with Crippen molar-refractivity contribution in [2.24, 2.45) is 0 Å². The Morgan fingerprint density at radius 3 is 2.28 bits per heavy atom. The van der Waals surface area contributed by atoms with Crippen molar-refractivity contribution in [1.82, 2.24) is 19.1 Å². The van der Waals surface area contributed by atoms with Gasteiger partial charge < -0.3 is 4.57 Å². The van der Waals surface area contributed by atoms with Gasteiger partial charge in [0.05, 0.1) is 21.8 Å². The summed E-state index contributed by atoms with van der Waals surface area (Å²) in [6.45, 7) is 0. The Balaban J connectivity index is 1.70. The maximum absolute atomic E-state index is 13.3. The number of hydrogen-bond donors (Lipinski definition) is 0. The quantitative estimate of drug-likeness (QED) is 0.386. The Bertz CT molecular complexity index is 1300. The number of hydrogen-bond acceptors (Lipinski definition) is 4. The van der Waals surface area contributed by atoms with E-state index < -0.39 is 0 Å². The minimum absolute atomic E-state index is 0.0589.